The monoisotopic (exact) mass is 381 g/mol. The van der Waals surface area contributed by atoms with Crippen LogP contribution in [0.3, 0.4) is 0 Å². The topological polar surface area (TPSA) is 60.7 Å². The quantitative estimate of drug-likeness (QED) is 0.557. The molecule has 0 spiro atoms. The lowest BCUT2D eigenvalue weighted by Crippen LogP contribution is -2.23. The lowest BCUT2D eigenvalue weighted by atomic mass is 10.0. The van der Waals surface area contributed by atoms with Crippen LogP contribution in [0.5, 0.6) is 5.75 Å². The maximum atomic E-state index is 11.2. The maximum Gasteiger partial charge on any atom is 0.217 e. The Morgan fingerprint density at radius 2 is 1.75 bits per heavy atom. The second-order valence-electron chi connectivity index (χ2n) is 6.93. The first-order valence-electron chi connectivity index (χ1n) is 9.55. The Morgan fingerprint density at radius 1 is 1.04 bits per heavy atom. The lowest BCUT2D eigenvalue weighted by Gasteiger charge is -2.08. The minimum Gasteiger partial charge on any atom is -0.491 e. The van der Waals surface area contributed by atoms with Crippen LogP contribution in [-0.4, -0.2) is 26.2 Å². The van der Waals surface area contributed by atoms with Gasteiger partial charge in [-0.3, -0.25) is 4.79 Å². The highest BCUT2D eigenvalue weighted by Crippen LogP contribution is 2.25. The van der Waals surface area contributed by atoms with Crippen molar-refractivity contribution < 1.29 is 18.7 Å². The van der Waals surface area contributed by atoms with Crippen LogP contribution in [-0.2, 0) is 22.4 Å². The molecule has 3 rings (SSSR count). The summed E-state index contributed by atoms with van der Waals surface area (Å²) in [6.45, 7) is 4.57. The van der Waals surface area contributed by atoms with E-state index in [4.69, 9.17) is 13.9 Å². The first-order chi connectivity index (χ1) is 13.5. The SMILES string of the molecule is COCCOc1ccc(CCc2ccc3cc(C(C)NC(C)=O)oc3c2)cc1. The van der Waals surface area contributed by atoms with Crippen LogP contribution in [0.2, 0.25) is 0 Å². The summed E-state index contributed by atoms with van der Waals surface area (Å²) in [5.74, 6) is 1.56. The smallest absolute Gasteiger partial charge is 0.217 e. The lowest BCUT2D eigenvalue weighted by molar-refractivity contribution is -0.119. The Morgan fingerprint density at radius 3 is 2.46 bits per heavy atom. The number of rotatable bonds is 9. The van der Waals surface area contributed by atoms with Gasteiger partial charge in [0.25, 0.3) is 0 Å². The van der Waals surface area contributed by atoms with Crippen LogP contribution in [0.25, 0.3) is 11.0 Å². The summed E-state index contributed by atoms with van der Waals surface area (Å²) >= 11 is 0. The molecule has 1 unspecified atom stereocenters. The van der Waals surface area contributed by atoms with E-state index in [0.717, 1.165) is 35.3 Å². The molecule has 0 aliphatic rings. The third-order valence-electron chi connectivity index (χ3n) is 4.63. The summed E-state index contributed by atoms with van der Waals surface area (Å²) in [7, 11) is 1.66. The van der Waals surface area contributed by atoms with Gasteiger partial charge in [0, 0.05) is 19.4 Å². The van der Waals surface area contributed by atoms with Crippen molar-refractivity contribution in [2.45, 2.75) is 32.7 Å². The highest BCUT2D eigenvalue weighted by molar-refractivity contribution is 5.79. The zero-order valence-corrected chi connectivity index (χ0v) is 16.7. The highest BCUT2D eigenvalue weighted by atomic mass is 16.5. The molecule has 0 fully saturated rings. The fourth-order valence-electron chi connectivity index (χ4n) is 3.12. The third kappa shape index (κ3) is 5.36. The second-order valence-corrected chi connectivity index (χ2v) is 6.93. The number of ether oxygens (including phenoxy) is 2. The van der Waals surface area contributed by atoms with Crippen LogP contribution >= 0.6 is 0 Å². The summed E-state index contributed by atoms with van der Waals surface area (Å²) in [5, 5.41) is 3.90. The zero-order valence-electron chi connectivity index (χ0n) is 16.7. The standard InChI is InChI=1S/C23H27NO4/c1-16(24-17(2)25)22-15-20-9-6-19(14-23(20)28-22)5-4-18-7-10-21(11-8-18)27-13-12-26-3/h6-11,14-16H,4-5,12-13H2,1-3H3,(H,24,25). The molecule has 1 aromatic heterocycles. The predicted molar refractivity (Wildman–Crippen MR) is 110 cm³/mol. The molecular formula is C23H27NO4. The van der Waals surface area contributed by atoms with E-state index < -0.39 is 0 Å². The van der Waals surface area contributed by atoms with Crippen molar-refractivity contribution in [3.8, 4) is 5.75 Å². The first kappa shape index (κ1) is 20.0. The molecule has 0 aliphatic heterocycles. The van der Waals surface area contributed by atoms with Crippen molar-refractivity contribution in [1.29, 1.82) is 0 Å². The van der Waals surface area contributed by atoms with Crippen molar-refractivity contribution in [3.05, 3.63) is 65.4 Å². The molecule has 1 N–H and O–H groups in total. The van der Waals surface area contributed by atoms with Crippen LogP contribution in [0.4, 0.5) is 0 Å². The van der Waals surface area contributed by atoms with Crippen LogP contribution in [0.1, 0.15) is 36.8 Å². The molecule has 5 nitrogen and oxygen atoms in total. The Hall–Kier alpha value is -2.79. The molecule has 0 saturated heterocycles. The Kier molecular flexibility index (Phi) is 6.71. The number of carbonyl (C=O) groups is 1. The van der Waals surface area contributed by atoms with Crippen molar-refractivity contribution in [1.82, 2.24) is 5.32 Å². The molecular weight excluding hydrogens is 354 g/mol. The van der Waals surface area contributed by atoms with Crippen molar-refractivity contribution in [2.24, 2.45) is 0 Å². The van der Waals surface area contributed by atoms with Crippen molar-refractivity contribution >= 4 is 16.9 Å². The number of furan rings is 1. The van der Waals surface area contributed by atoms with Gasteiger partial charge < -0.3 is 19.2 Å². The van der Waals surface area contributed by atoms with E-state index >= 15 is 0 Å². The fourth-order valence-corrected chi connectivity index (χ4v) is 3.12. The van der Waals surface area contributed by atoms with Crippen LogP contribution < -0.4 is 10.1 Å². The molecule has 0 radical (unpaired) electrons. The molecule has 1 heterocycles. The van der Waals surface area contributed by atoms with Gasteiger partial charge in [-0.25, -0.2) is 0 Å². The Balaban J connectivity index is 1.60. The largest absolute Gasteiger partial charge is 0.491 e. The average Bonchev–Trinajstić information content (AvgIpc) is 3.11. The number of fused-ring (bicyclic) bond motifs is 1. The number of amides is 1. The van der Waals surface area contributed by atoms with Crippen LogP contribution in [0.15, 0.2) is 52.9 Å². The number of aryl methyl sites for hydroxylation is 2. The van der Waals surface area contributed by atoms with Gasteiger partial charge in [-0.05, 0) is 55.2 Å². The first-order valence-corrected chi connectivity index (χ1v) is 9.55. The van der Waals surface area contributed by atoms with Gasteiger partial charge in [0.05, 0.1) is 12.6 Å². The molecule has 0 saturated carbocycles. The van der Waals surface area contributed by atoms with Gasteiger partial charge in [-0.15, -0.1) is 0 Å². The predicted octanol–water partition coefficient (Wildman–Crippen LogP) is 4.44. The number of hydrogen-bond acceptors (Lipinski definition) is 4. The summed E-state index contributed by atoms with van der Waals surface area (Å²) in [6.07, 6.45) is 1.87. The molecule has 0 bridgehead atoms. The van der Waals surface area contributed by atoms with Crippen LogP contribution in [0, 0.1) is 0 Å². The molecule has 3 aromatic rings. The van der Waals surface area contributed by atoms with E-state index in [-0.39, 0.29) is 11.9 Å². The molecule has 148 valence electrons. The number of nitrogens with one attached hydrogen (secondary N) is 1. The third-order valence-corrected chi connectivity index (χ3v) is 4.63. The summed E-state index contributed by atoms with van der Waals surface area (Å²) in [4.78, 5) is 11.2. The van der Waals surface area contributed by atoms with E-state index in [1.807, 2.05) is 25.1 Å². The van der Waals surface area contributed by atoms with Gasteiger partial charge >= 0.3 is 0 Å². The minimum absolute atomic E-state index is 0.0660. The minimum atomic E-state index is -0.141. The normalized spacial score (nSPS) is 12.1. The van der Waals surface area contributed by atoms with E-state index in [0.29, 0.717) is 13.2 Å². The van der Waals surface area contributed by atoms with Gasteiger partial charge in [-0.2, -0.15) is 0 Å². The molecule has 1 amide bonds. The number of hydrogen-bond donors (Lipinski definition) is 1. The number of carbonyl (C=O) groups excluding carboxylic acids is 1. The van der Waals surface area contributed by atoms with E-state index in [1.165, 1.54) is 18.1 Å². The molecule has 5 heteroatoms. The molecule has 2 aromatic carbocycles. The van der Waals surface area contributed by atoms with Crippen molar-refractivity contribution in [3.63, 3.8) is 0 Å². The number of benzene rings is 2. The summed E-state index contributed by atoms with van der Waals surface area (Å²) < 4.78 is 16.5. The zero-order chi connectivity index (χ0) is 19.9. The van der Waals surface area contributed by atoms with Crippen molar-refractivity contribution in [2.75, 3.05) is 20.3 Å². The summed E-state index contributed by atoms with van der Waals surface area (Å²) in [5.41, 5.74) is 3.34. The number of methoxy groups -OCH3 is 1. The highest BCUT2D eigenvalue weighted by Gasteiger charge is 2.12. The Labute approximate surface area is 165 Å². The van der Waals surface area contributed by atoms with Gasteiger partial charge in [-0.1, -0.05) is 24.3 Å². The maximum absolute atomic E-state index is 11.2. The fraction of sp³-hybridized carbons (Fsp3) is 0.348. The Bertz CT molecular complexity index is 914. The van der Waals surface area contributed by atoms with Gasteiger partial charge in [0.2, 0.25) is 5.91 Å². The average molecular weight is 381 g/mol. The summed E-state index contributed by atoms with van der Waals surface area (Å²) in [6, 6.07) is 16.3. The van der Waals surface area contributed by atoms with E-state index in [9.17, 15) is 4.79 Å². The molecule has 28 heavy (non-hydrogen) atoms. The van der Waals surface area contributed by atoms with E-state index in [1.54, 1.807) is 7.11 Å². The molecule has 1 atom stereocenters. The van der Waals surface area contributed by atoms with Gasteiger partial charge in [0.1, 0.15) is 23.7 Å². The van der Waals surface area contributed by atoms with Gasteiger partial charge in [0.15, 0.2) is 0 Å². The second kappa shape index (κ2) is 9.42. The van der Waals surface area contributed by atoms with E-state index in [2.05, 4.69) is 35.6 Å². The molecule has 0 aliphatic carbocycles.